The lowest BCUT2D eigenvalue weighted by atomic mass is 9.82. The largest absolute Gasteiger partial charge is 0.294 e. The first-order valence-corrected chi connectivity index (χ1v) is 11.6. The number of aliphatic imine (C=N–C) groups is 2. The van der Waals surface area contributed by atoms with Gasteiger partial charge < -0.3 is 0 Å². The van der Waals surface area contributed by atoms with Crippen LogP contribution in [0.1, 0.15) is 99.8 Å². The summed E-state index contributed by atoms with van der Waals surface area (Å²) in [6, 6.07) is 0. The summed E-state index contributed by atoms with van der Waals surface area (Å²) in [6.07, 6.45) is 23.3. The van der Waals surface area contributed by atoms with Crippen molar-refractivity contribution < 1.29 is 0 Å². The minimum absolute atomic E-state index is 0. The predicted octanol–water partition coefficient (Wildman–Crippen LogP) is 8.91. The lowest BCUT2D eigenvalue weighted by Crippen LogP contribution is -2.09. The van der Waals surface area contributed by atoms with Crippen molar-refractivity contribution in [2.75, 3.05) is 6.54 Å². The van der Waals surface area contributed by atoms with Crippen LogP contribution >= 0.6 is 0 Å². The number of hydrogen-bond acceptors (Lipinski definition) is 2. The third-order valence-corrected chi connectivity index (χ3v) is 5.76. The first-order chi connectivity index (χ1) is 13.9. The Labute approximate surface area is 188 Å². The summed E-state index contributed by atoms with van der Waals surface area (Å²) >= 11 is 0. The minimum Gasteiger partial charge on any atom is -0.294 e. The molecule has 0 aromatic rings. The third kappa shape index (κ3) is 13.5. The Morgan fingerprint density at radius 2 is 1.83 bits per heavy atom. The third-order valence-electron chi connectivity index (χ3n) is 5.76. The van der Waals surface area contributed by atoms with Crippen molar-refractivity contribution in [2.24, 2.45) is 21.8 Å². The van der Waals surface area contributed by atoms with Crippen LogP contribution in [-0.4, -0.2) is 18.0 Å². The van der Waals surface area contributed by atoms with Crippen molar-refractivity contribution >= 4 is 11.4 Å². The molecule has 0 amide bonds. The molecule has 0 heterocycles. The van der Waals surface area contributed by atoms with E-state index in [0.29, 0.717) is 0 Å². The van der Waals surface area contributed by atoms with E-state index in [-0.39, 0.29) is 7.43 Å². The lowest BCUT2D eigenvalue weighted by Gasteiger charge is -2.23. The number of rotatable bonds is 8. The summed E-state index contributed by atoms with van der Waals surface area (Å²) in [4.78, 5) is 8.54. The lowest BCUT2D eigenvalue weighted by molar-refractivity contribution is 0.319. The van der Waals surface area contributed by atoms with Crippen molar-refractivity contribution in [1.82, 2.24) is 0 Å². The second kappa shape index (κ2) is 17.0. The highest BCUT2D eigenvalue weighted by molar-refractivity contribution is 5.98. The summed E-state index contributed by atoms with van der Waals surface area (Å²) in [5.74, 6) is 1.90. The Bertz CT molecular complexity index is 621. The summed E-state index contributed by atoms with van der Waals surface area (Å²) < 4.78 is 0. The Hall–Kier alpha value is -1.70. The Morgan fingerprint density at radius 3 is 2.43 bits per heavy atom. The van der Waals surface area contributed by atoms with Crippen molar-refractivity contribution in [3.05, 3.63) is 48.2 Å². The van der Waals surface area contributed by atoms with E-state index < -0.39 is 0 Å². The molecule has 0 aromatic carbocycles. The highest BCUT2D eigenvalue weighted by atomic mass is 14.7. The van der Waals surface area contributed by atoms with Crippen molar-refractivity contribution in [3.63, 3.8) is 0 Å². The Morgan fingerprint density at radius 1 is 1.13 bits per heavy atom. The van der Waals surface area contributed by atoms with Gasteiger partial charge in [0.15, 0.2) is 0 Å². The second-order valence-electron chi connectivity index (χ2n) is 8.77. The zero-order valence-corrected chi connectivity index (χ0v) is 19.7. The van der Waals surface area contributed by atoms with Gasteiger partial charge in [-0.1, -0.05) is 76.0 Å². The van der Waals surface area contributed by atoms with Gasteiger partial charge in [0.05, 0.1) is 0 Å². The van der Waals surface area contributed by atoms with Crippen LogP contribution in [0.3, 0.4) is 0 Å². The number of allylic oxidation sites excluding steroid dienone is 5. The maximum absolute atomic E-state index is 4.31. The van der Waals surface area contributed by atoms with Gasteiger partial charge in [-0.3, -0.25) is 9.98 Å². The molecule has 170 valence electrons. The average molecular weight is 413 g/mol. The van der Waals surface area contributed by atoms with Crippen LogP contribution in [0.4, 0.5) is 0 Å². The first-order valence-electron chi connectivity index (χ1n) is 11.6. The summed E-state index contributed by atoms with van der Waals surface area (Å²) in [5.41, 5.74) is 4.64. The van der Waals surface area contributed by atoms with Gasteiger partial charge >= 0.3 is 0 Å². The van der Waals surface area contributed by atoms with Gasteiger partial charge in [0.2, 0.25) is 0 Å². The van der Waals surface area contributed by atoms with Gasteiger partial charge in [-0.25, -0.2) is 0 Å². The number of hydrogen-bond donors (Lipinski definition) is 0. The molecule has 0 spiro atoms. The van der Waals surface area contributed by atoms with Gasteiger partial charge in [-0.2, -0.15) is 0 Å². The molecule has 2 heteroatoms. The quantitative estimate of drug-likeness (QED) is 0.355. The first kappa shape index (κ1) is 28.3. The molecule has 0 aliphatic heterocycles. The monoisotopic (exact) mass is 412 g/mol. The fourth-order valence-electron chi connectivity index (χ4n) is 3.92. The highest BCUT2D eigenvalue weighted by Crippen LogP contribution is 2.30. The molecule has 0 N–H and O–H groups in total. The van der Waals surface area contributed by atoms with E-state index in [9.17, 15) is 0 Å². The summed E-state index contributed by atoms with van der Waals surface area (Å²) in [6.45, 7) is 14.9. The molecule has 0 radical (unpaired) electrons. The molecule has 1 saturated carbocycles. The van der Waals surface area contributed by atoms with E-state index in [4.69, 9.17) is 0 Å². The van der Waals surface area contributed by atoms with E-state index in [2.05, 4.69) is 41.7 Å². The fourth-order valence-corrected chi connectivity index (χ4v) is 3.92. The van der Waals surface area contributed by atoms with Crippen LogP contribution < -0.4 is 0 Å². The van der Waals surface area contributed by atoms with Crippen molar-refractivity contribution in [3.8, 4) is 0 Å². The molecule has 1 unspecified atom stereocenters. The zero-order valence-electron chi connectivity index (χ0n) is 19.7. The molecule has 2 rings (SSSR count). The molecule has 1 fully saturated rings. The van der Waals surface area contributed by atoms with E-state index >= 15 is 0 Å². The maximum Gasteiger partial charge on any atom is 0.0429 e. The van der Waals surface area contributed by atoms with Gasteiger partial charge in [0, 0.05) is 24.2 Å². The van der Waals surface area contributed by atoms with Crippen LogP contribution in [0.25, 0.3) is 0 Å². The molecular weight excluding hydrogens is 364 g/mol. The Balaban J connectivity index is 0.000000545. The SMILES string of the molecule is C.C=C(CCN=C(C)C)C(C)=N/C=C\C.CC1=CC(CCC2CCCCC2)CC=C1. The molecule has 0 bridgehead atoms. The van der Waals surface area contributed by atoms with Crippen molar-refractivity contribution in [2.45, 2.75) is 99.8 Å². The van der Waals surface area contributed by atoms with Gasteiger partial charge in [-0.05, 0) is 77.7 Å². The van der Waals surface area contributed by atoms with E-state index in [1.807, 2.05) is 33.8 Å². The molecular formula is C28H48N2. The van der Waals surface area contributed by atoms with Crippen LogP contribution in [0.5, 0.6) is 0 Å². The standard InChI is InChI=1S/C15H24.C12H20N2.CH4/c1-13-6-5-9-15(12-13)11-10-14-7-3-2-4-8-14;1-6-8-14-12(5)11(4)7-9-13-10(2)3;/h5-6,12,14-15H,2-4,7-11H2,1H3;6,8H,4,7,9H2,1-3,5H3;1H4/b;8-6-,14-12?;. The van der Waals surface area contributed by atoms with Gasteiger partial charge in [0.25, 0.3) is 0 Å². The molecule has 1 atom stereocenters. The fraction of sp³-hybridized carbons (Fsp3) is 0.643. The average Bonchev–Trinajstić information content (AvgIpc) is 2.71. The predicted molar refractivity (Wildman–Crippen MR) is 139 cm³/mol. The van der Waals surface area contributed by atoms with Crippen molar-refractivity contribution in [1.29, 1.82) is 0 Å². The topological polar surface area (TPSA) is 24.7 Å². The molecule has 2 nitrogen and oxygen atoms in total. The van der Waals surface area contributed by atoms with Crippen LogP contribution in [0.15, 0.2) is 58.2 Å². The van der Waals surface area contributed by atoms with Crippen LogP contribution in [0.2, 0.25) is 0 Å². The minimum atomic E-state index is 0. The molecule has 0 aromatic heterocycles. The van der Waals surface area contributed by atoms with Gasteiger partial charge in [-0.15, -0.1) is 0 Å². The number of nitrogens with zero attached hydrogens (tertiary/aromatic N) is 2. The van der Waals surface area contributed by atoms with Crippen LogP contribution in [0, 0.1) is 11.8 Å². The Kier molecular flexibility index (Phi) is 16.1. The highest BCUT2D eigenvalue weighted by Gasteiger charge is 2.15. The zero-order chi connectivity index (χ0) is 21.5. The molecule has 2 aliphatic rings. The van der Waals surface area contributed by atoms with E-state index in [0.717, 1.165) is 41.8 Å². The molecule has 0 saturated heterocycles. The maximum atomic E-state index is 4.31. The molecule has 30 heavy (non-hydrogen) atoms. The van der Waals surface area contributed by atoms with Gasteiger partial charge in [0.1, 0.15) is 0 Å². The van der Waals surface area contributed by atoms with E-state index in [1.165, 1.54) is 56.9 Å². The second-order valence-corrected chi connectivity index (χ2v) is 8.77. The summed E-state index contributed by atoms with van der Waals surface area (Å²) in [5, 5.41) is 0. The smallest absolute Gasteiger partial charge is 0.0429 e. The molecule has 2 aliphatic carbocycles. The van der Waals surface area contributed by atoms with Crippen LogP contribution in [-0.2, 0) is 0 Å². The normalized spacial score (nSPS) is 19.4. The van der Waals surface area contributed by atoms with E-state index in [1.54, 1.807) is 6.20 Å². The summed E-state index contributed by atoms with van der Waals surface area (Å²) in [7, 11) is 0.